The first-order valence-electron chi connectivity index (χ1n) is 7.79. The van der Waals surface area contributed by atoms with E-state index in [9.17, 15) is 4.79 Å². The summed E-state index contributed by atoms with van der Waals surface area (Å²) in [5.41, 5.74) is 0. The summed E-state index contributed by atoms with van der Waals surface area (Å²) in [6, 6.07) is 0.457. The topological polar surface area (TPSA) is 54.0 Å². The summed E-state index contributed by atoms with van der Waals surface area (Å²) in [6.07, 6.45) is 11.6. The molecule has 0 radical (unpaired) electrons. The number of carbonyl (C=O) groups is 1. The molecule has 0 saturated heterocycles. The van der Waals surface area contributed by atoms with Gasteiger partial charge in [-0.3, -0.25) is 0 Å². The maximum Gasteiger partial charge on any atom is 0.315 e. The number of nitrogens with zero attached hydrogens (tertiary/aromatic N) is 1. The summed E-state index contributed by atoms with van der Waals surface area (Å²) in [5.74, 6) is 0.584. The van der Waals surface area contributed by atoms with E-state index in [-0.39, 0.29) is 12.1 Å². The van der Waals surface area contributed by atoms with Crippen LogP contribution in [0.25, 0.3) is 0 Å². The van der Waals surface area contributed by atoms with Crippen molar-refractivity contribution in [3.63, 3.8) is 0 Å². The van der Waals surface area contributed by atoms with E-state index in [0.29, 0.717) is 12.0 Å². The molecule has 3 rings (SSSR count). The molecule has 2 amide bonds. The van der Waals surface area contributed by atoms with Crippen LogP contribution >= 0.6 is 11.3 Å². The van der Waals surface area contributed by atoms with Crippen LogP contribution in [0.3, 0.4) is 0 Å². The molecule has 110 valence electrons. The van der Waals surface area contributed by atoms with Gasteiger partial charge in [-0.05, 0) is 31.6 Å². The molecule has 20 heavy (non-hydrogen) atoms. The first-order chi connectivity index (χ1) is 9.83. The normalized spacial score (nSPS) is 22.0. The summed E-state index contributed by atoms with van der Waals surface area (Å²) >= 11 is 1.64. The van der Waals surface area contributed by atoms with Gasteiger partial charge in [0.25, 0.3) is 0 Å². The Bertz CT molecular complexity index is 422. The zero-order chi connectivity index (χ0) is 13.8. The molecular weight excluding hydrogens is 270 g/mol. The van der Waals surface area contributed by atoms with Crippen LogP contribution in [-0.4, -0.2) is 17.1 Å². The quantitative estimate of drug-likeness (QED) is 0.833. The average molecular weight is 293 g/mol. The second-order valence-corrected chi connectivity index (χ2v) is 6.92. The number of carbonyl (C=O) groups excluding carboxylic acids is 1. The minimum absolute atomic E-state index is 0.0102. The molecule has 2 saturated carbocycles. The number of thiazole rings is 1. The molecule has 2 aliphatic rings. The van der Waals surface area contributed by atoms with Gasteiger partial charge in [0.2, 0.25) is 0 Å². The highest BCUT2D eigenvalue weighted by molar-refractivity contribution is 7.09. The second kappa shape index (κ2) is 6.57. The van der Waals surface area contributed by atoms with Crippen LogP contribution in [0, 0.1) is 5.92 Å². The summed E-state index contributed by atoms with van der Waals surface area (Å²) in [4.78, 5) is 16.6. The van der Waals surface area contributed by atoms with Gasteiger partial charge in [0.05, 0.1) is 6.04 Å². The van der Waals surface area contributed by atoms with Crippen molar-refractivity contribution in [1.82, 2.24) is 15.6 Å². The Labute approximate surface area is 124 Å². The number of hydrogen-bond donors (Lipinski definition) is 2. The zero-order valence-electron chi connectivity index (χ0n) is 11.8. The van der Waals surface area contributed by atoms with Crippen molar-refractivity contribution in [2.75, 3.05) is 0 Å². The molecule has 0 spiro atoms. The zero-order valence-corrected chi connectivity index (χ0v) is 12.6. The Balaban J connectivity index is 1.54. The number of nitrogens with one attached hydrogen (secondary N) is 2. The van der Waals surface area contributed by atoms with Crippen molar-refractivity contribution in [3.05, 3.63) is 16.6 Å². The van der Waals surface area contributed by atoms with E-state index in [4.69, 9.17) is 0 Å². The first kappa shape index (κ1) is 13.9. The highest BCUT2D eigenvalue weighted by Crippen LogP contribution is 2.41. The van der Waals surface area contributed by atoms with E-state index in [0.717, 1.165) is 17.8 Å². The molecule has 1 aromatic rings. The molecule has 2 N–H and O–H groups in total. The molecule has 4 nitrogen and oxygen atoms in total. The minimum atomic E-state index is -0.0102. The Kier molecular flexibility index (Phi) is 4.55. The average Bonchev–Trinajstić information content (AvgIpc) is 3.19. The third-order valence-electron chi connectivity index (χ3n) is 4.29. The number of aromatic nitrogens is 1. The Morgan fingerprint density at radius 2 is 1.95 bits per heavy atom. The van der Waals surface area contributed by atoms with Crippen LogP contribution < -0.4 is 10.6 Å². The van der Waals surface area contributed by atoms with E-state index in [1.54, 1.807) is 11.3 Å². The molecule has 1 heterocycles. The van der Waals surface area contributed by atoms with Crippen LogP contribution in [0.2, 0.25) is 0 Å². The van der Waals surface area contributed by atoms with E-state index in [2.05, 4.69) is 15.6 Å². The highest BCUT2D eigenvalue weighted by Gasteiger charge is 2.35. The standard InChI is InChI=1S/C15H23N3OS/c19-15(17-12-5-3-1-2-4-6-12)18-13(11-7-8-11)14-16-9-10-20-14/h9-13H,1-8H2,(H2,17,18,19)/t13-/m0/s1. The lowest BCUT2D eigenvalue weighted by Gasteiger charge is -2.20. The fraction of sp³-hybridized carbons (Fsp3) is 0.733. The molecule has 0 aromatic carbocycles. The van der Waals surface area contributed by atoms with Gasteiger partial charge in [0.15, 0.2) is 0 Å². The first-order valence-corrected chi connectivity index (χ1v) is 8.67. The van der Waals surface area contributed by atoms with Gasteiger partial charge in [-0.1, -0.05) is 25.7 Å². The van der Waals surface area contributed by atoms with Crippen LogP contribution in [0.15, 0.2) is 11.6 Å². The van der Waals surface area contributed by atoms with Crippen molar-refractivity contribution in [2.24, 2.45) is 5.92 Å². The molecule has 0 bridgehead atoms. The predicted octanol–water partition coefficient (Wildman–Crippen LogP) is 3.62. The van der Waals surface area contributed by atoms with E-state index < -0.39 is 0 Å². The third-order valence-corrected chi connectivity index (χ3v) is 5.15. The number of rotatable bonds is 4. The smallest absolute Gasteiger partial charge is 0.315 e. The van der Waals surface area contributed by atoms with Crippen LogP contribution in [-0.2, 0) is 0 Å². The van der Waals surface area contributed by atoms with Crippen LogP contribution in [0.4, 0.5) is 4.79 Å². The van der Waals surface area contributed by atoms with Crippen molar-refractivity contribution < 1.29 is 4.79 Å². The molecule has 5 heteroatoms. The molecule has 1 atom stereocenters. The maximum atomic E-state index is 12.2. The molecular formula is C15H23N3OS. The van der Waals surface area contributed by atoms with Gasteiger partial charge in [-0.15, -0.1) is 11.3 Å². The summed E-state index contributed by atoms with van der Waals surface area (Å²) in [5, 5.41) is 9.33. The van der Waals surface area contributed by atoms with Gasteiger partial charge in [0.1, 0.15) is 5.01 Å². The van der Waals surface area contributed by atoms with Gasteiger partial charge in [0, 0.05) is 17.6 Å². The summed E-state index contributed by atoms with van der Waals surface area (Å²) < 4.78 is 0. The molecule has 1 aromatic heterocycles. The lowest BCUT2D eigenvalue weighted by Crippen LogP contribution is -2.43. The SMILES string of the molecule is O=C(NC1CCCCCC1)N[C@H](c1nccs1)C1CC1. The number of hydrogen-bond acceptors (Lipinski definition) is 3. The van der Waals surface area contributed by atoms with E-state index in [1.165, 1.54) is 38.5 Å². The molecule has 2 fully saturated rings. The van der Waals surface area contributed by atoms with Crippen molar-refractivity contribution in [3.8, 4) is 0 Å². The van der Waals surface area contributed by atoms with E-state index in [1.807, 2.05) is 11.6 Å². The maximum absolute atomic E-state index is 12.2. The lowest BCUT2D eigenvalue weighted by atomic mass is 10.1. The fourth-order valence-electron chi connectivity index (χ4n) is 2.99. The monoisotopic (exact) mass is 293 g/mol. The lowest BCUT2D eigenvalue weighted by molar-refractivity contribution is 0.230. The van der Waals surface area contributed by atoms with Crippen LogP contribution in [0.1, 0.15) is 62.4 Å². The summed E-state index contributed by atoms with van der Waals surface area (Å²) in [6.45, 7) is 0. The van der Waals surface area contributed by atoms with E-state index >= 15 is 0 Å². The Morgan fingerprint density at radius 1 is 1.20 bits per heavy atom. The largest absolute Gasteiger partial charge is 0.335 e. The Hall–Kier alpha value is -1.10. The number of amides is 2. The van der Waals surface area contributed by atoms with Gasteiger partial charge < -0.3 is 10.6 Å². The molecule has 0 aliphatic heterocycles. The highest BCUT2D eigenvalue weighted by atomic mass is 32.1. The third kappa shape index (κ3) is 3.72. The fourth-order valence-corrected chi connectivity index (χ4v) is 3.77. The van der Waals surface area contributed by atoms with Gasteiger partial charge in [-0.2, -0.15) is 0 Å². The minimum Gasteiger partial charge on any atom is -0.335 e. The summed E-state index contributed by atoms with van der Waals surface area (Å²) in [7, 11) is 0. The van der Waals surface area contributed by atoms with Crippen molar-refractivity contribution in [2.45, 2.75) is 63.5 Å². The Morgan fingerprint density at radius 3 is 2.55 bits per heavy atom. The molecule has 0 unspecified atom stereocenters. The molecule has 2 aliphatic carbocycles. The second-order valence-electron chi connectivity index (χ2n) is 5.99. The van der Waals surface area contributed by atoms with Crippen LogP contribution in [0.5, 0.6) is 0 Å². The van der Waals surface area contributed by atoms with Crippen molar-refractivity contribution >= 4 is 17.4 Å². The van der Waals surface area contributed by atoms with Gasteiger partial charge in [-0.25, -0.2) is 9.78 Å². The number of urea groups is 1. The van der Waals surface area contributed by atoms with Gasteiger partial charge >= 0.3 is 6.03 Å². The predicted molar refractivity (Wildman–Crippen MR) is 80.7 cm³/mol. The van der Waals surface area contributed by atoms with Crippen molar-refractivity contribution in [1.29, 1.82) is 0 Å².